The molecule has 3 aromatic heterocycles. The maximum atomic E-state index is 2.48. The van der Waals surface area contributed by atoms with Crippen LogP contribution >= 0.6 is 11.3 Å². The first-order valence-corrected chi connectivity index (χ1v) is 21.9. The van der Waals surface area contributed by atoms with Crippen LogP contribution in [-0.4, -0.2) is 4.40 Å². The lowest BCUT2D eigenvalue weighted by molar-refractivity contribution is 1.24. The fourth-order valence-corrected chi connectivity index (χ4v) is 11.2. The van der Waals surface area contributed by atoms with Crippen LogP contribution in [0, 0.1) is 0 Å². The van der Waals surface area contributed by atoms with Crippen LogP contribution in [0.15, 0.2) is 194 Å². The number of thiophene rings is 1. The highest BCUT2D eigenvalue weighted by molar-refractivity contribution is 7.26. The van der Waals surface area contributed by atoms with E-state index >= 15 is 0 Å². The fraction of sp³-hybridized carbons (Fsp3) is 0.0526. The average molecular weight is 785 g/mol. The quantitative estimate of drug-likeness (QED) is 0.169. The van der Waals surface area contributed by atoms with Gasteiger partial charge in [-0.15, -0.1) is 11.3 Å². The lowest BCUT2D eigenvalue weighted by atomic mass is 9.95. The molecule has 60 heavy (non-hydrogen) atoms. The predicted molar refractivity (Wildman–Crippen MR) is 259 cm³/mol. The Balaban J connectivity index is 0.00000191. The molecule has 0 fully saturated rings. The van der Waals surface area contributed by atoms with Gasteiger partial charge < -0.3 is 9.30 Å². The van der Waals surface area contributed by atoms with Gasteiger partial charge in [-0.3, -0.25) is 0 Å². The molecule has 12 aromatic rings. The van der Waals surface area contributed by atoms with Gasteiger partial charge in [0.15, 0.2) is 0 Å². The number of benzene rings is 9. The second kappa shape index (κ2) is 13.7. The van der Waals surface area contributed by atoms with Crippen molar-refractivity contribution in [3.05, 3.63) is 205 Å². The van der Waals surface area contributed by atoms with Crippen molar-refractivity contribution in [2.45, 2.75) is 20.3 Å². The van der Waals surface area contributed by atoms with Gasteiger partial charge in [0.05, 0.1) is 26.9 Å². The van der Waals surface area contributed by atoms with Crippen LogP contribution in [0.25, 0.3) is 91.6 Å². The van der Waals surface area contributed by atoms with Crippen LogP contribution in [0.4, 0.5) is 17.1 Å². The third-order valence-electron chi connectivity index (χ3n) is 12.5. The molecule has 284 valence electrons. The molecule has 2 nitrogen and oxygen atoms in total. The summed E-state index contributed by atoms with van der Waals surface area (Å²) in [5.41, 5.74) is 17.8. The summed E-state index contributed by atoms with van der Waals surface area (Å²) < 4.78 is 5.09. The Labute approximate surface area is 353 Å². The van der Waals surface area contributed by atoms with Gasteiger partial charge in [-0.05, 0) is 99.5 Å². The van der Waals surface area contributed by atoms with Crippen molar-refractivity contribution in [3.8, 4) is 33.4 Å². The summed E-state index contributed by atoms with van der Waals surface area (Å²) in [4.78, 5) is 2.47. The number of rotatable bonds is 5. The zero-order valence-electron chi connectivity index (χ0n) is 33.5. The highest BCUT2D eigenvalue weighted by atomic mass is 32.1. The van der Waals surface area contributed by atoms with Crippen molar-refractivity contribution < 1.29 is 0 Å². The highest BCUT2D eigenvalue weighted by Crippen LogP contribution is 2.48. The molecule has 0 bridgehead atoms. The fourth-order valence-electron chi connectivity index (χ4n) is 9.99. The third-order valence-corrected chi connectivity index (χ3v) is 13.7. The maximum absolute atomic E-state index is 2.48. The van der Waals surface area contributed by atoms with Crippen LogP contribution in [0.1, 0.15) is 25.0 Å². The standard InChI is InChI=1S/C55H34N2S.C2H6/c1-2-11-34(12-3-1)35-23-26-39(27-24-35)56(51-21-10-17-47-45-14-5-7-22-52(45)58-55(47)51)40-28-30-42-38(33-40)32-37-31-36(25-29-41(37)42)43-15-9-20-50-53(43)48-18-8-16-46-44-13-4-6-19-49(44)57(50)54(46)48;1-2/h1-31,33H,32H2;1-2H3. The van der Waals surface area contributed by atoms with Crippen LogP contribution in [0.5, 0.6) is 0 Å². The summed E-state index contributed by atoms with van der Waals surface area (Å²) in [6.45, 7) is 4.00. The highest BCUT2D eigenvalue weighted by Gasteiger charge is 2.25. The molecular formula is C57H40N2S. The van der Waals surface area contributed by atoms with Gasteiger partial charge in [0.2, 0.25) is 0 Å². The molecule has 0 atom stereocenters. The molecule has 0 spiro atoms. The van der Waals surface area contributed by atoms with E-state index < -0.39 is 0 Å². The number of aromatic nitrogens is 1. The summed E-state index contributed by atoms with van der Waals surface area (Å²) in [5, 5.41) is 7.89. The Hall–Kier alpha value is -7.20. The van der Waals surface area contributed by atoms with Crippen LogP contribution in [0.2, 0.25) is 0 Å². The van der Waals surface area contributed by atoms with Gasteiger partial charge in [-0.25, -0.2) is 0 Å². The second-order valence-corrected chi connectivity index (χ2v) is 16.7. The molecule has 9 aromatic carbocycles. The van der Waals surface area contributed by atoms with Crippen molar-refractivity contribution in [2.75, 3.05) is 4.90 Å². The number of hydrogen-bond donors (Lipinski definition) is 0. The SMILES string of the molecule is CC.c1ccc(-c2ccc(N(c3ccc4c(c3)Cc3cc(-c5cccc6c5c5cccc7c8ccccc8n6c75)ccc3-4)c3cccc4c3sc3ccccc34)cc2)cc1. The van der Waals surface area contributed by atoms with Crippen molar-refractivity contribution in [3.63, 3.8) is 0 Å². The van der Waals surface area contributed by atoms with E-state index in [-0.39, 0.29) is 0 Å². The molecule has 0 aliphatic heterocycles. The lowest BCUT2D eigenvalue weighted by Crippen LogP contribution is -2.10. The van der Waals surface area contributed by atoms with Crippen LogP contribution < -0.4 is 4.90 Å². The van der Waals surface area contributed by atoms with E-state index in [2.05, 4.69) is 203 Å². The van der Waals surface area contributed by atoms with Crippen molar-refractivity contribution >= 4 is 86.7 Å². The summed E-state index contributed by atoms with van der Waals surface area (Å²) in [5.74, 6) is 0. The zero-order valence-corrected chi connectivity index (χ0v) is 34.3. The average Bonchev–Trinajstić information content (AvgIpc) is 4.07. The molecule has 3 heterocycles. The van der Waals surface area contributed by atoms with E-state index in [0.29, 0.717) is 0 Å². The molecule has 0 saturated heterocycles. The van der Waals surface area contributed by atoms with E-state index in [0.717, 1.165) is 12.1 Å². The molecule has 0 saturated carbocycles. The zero-order chi connectivity index (χ0) is 39.9. The topological polar surface area (TPSA) is 7.65 Å². The minimum Gasteiger partial charge on any atom is -0.309 e. The normalized spacial score (nSPS) is 12.1. The van der Waals surface area contributed by atoms with E-state index in [1.54, 1.807) is 0 Å². The third kappa shape index (κ3) is 5.12. The summed E-state index contributed by atoms with van der Waals surface area (Å²) in [7, 11) is 0. The first-order valence-electron chi connectivity index (χ1n) is 21.1. The molecule has 3 heteroatoms. The largest absolute Gasteiger partial charge is 0.309 e. The number of nitrogens with zero attached hydrogens (tertiary/aromatic N) is 2. The van der Waals surface area contributed by atoms with Gasteiger partial charge in [0, 0.05) is 48.4 Å². The smallest absolute Gasteiger partial charge is 0.0640 e. The molecule has 0 N–H and O–H groups in total. The van der Waals surface area contributed by atoms with Crippen molar-refractivity contribution in [2.24, 2.45) is 0 Å². The lowest BCUT2D eigenvalue weighted by Gasteiger charge is -2.27. The minimum atomic E-state index is 0.898. The first kappa shape index (κ1) is 34.8. The molecule has 0 unspecified atom stereocenters. The van der Waals surface area contributed by atoms with E-state index in [4.69, 9.17) is 0 Å². The Kier molecular flexibility index (Phi) is 7.94. The Morgan fingerprint density at radius 1 is 0.433 bits per heavy atom. The number of fused-ring (bicyclic) bond motifs is 12. The Morgan fingerprint density at radius 2 is 1.05 bits per heavy atom. The number of para-hydroxylation sites is 2. The summed E-state index contributed by atoms with van der Waals surface area (Å²) in [6.07, 6.45) is 0.898. The molecule has 1 aliphatic rings. The van der Waals surface area contributed by atoms with Gasteiger partial charge in [-0.2, -0.15) is 0 Å². The first-order chi connectivity index (χ1) is 29.8. The van der Waals surface area contributed by atoms with E-state index in [1.165, 1.54) is 114 Å². The van der Waals surface area contributed by atoms with Crippen molar-refractivity contribution in [1.82, 2.24) is 4.40 Å². The maximum Gasteiger partial charge on any atom is 0.0640 e. The van der Waals surface area contributed by atoms with Crippen LogP contribution in [0.3, 0.4) is 0 Å². The predicted octanol–water partition coefficient (Wildman–Crippen LogP) is 16.6. The molecular weight excluding hydrogens is 745 g/mol. The molecule has 13 rings (SSSR count). The van der Waals surface area contributed by atoms with Crippen LogP contribution in [-0.2, 0) is 6.42 Å². The van der Waals surface area contributed by atoms with Gasteiger partial charge in [0.1, 0.15) is 0 Å². The Bertz CT molecular complexity index is 3590. The van der Waals surface area contributed by atoms with Crippen molar-refractivity contribution in [1.29, 1.82) is 0 Å². The van der Waals surface area contributed by atoms with E-state index in [1.807, 2.05) is 25.2 Å². The number of anilines is 3. The summed E-state index contributed by atoms with van der Waals surface area (Å²) >= 11 is 1.88. The number of hydrogen-bond acceptors (Lipinski definition) is 2. The Morgan fingerprint density at radius 3 is 1.92 bits per heavy atom. The van der Waals surface area contributed by atoms with Gasteiger partial charge in [-0.1, -0.05) is 159 Å². The molecule has 0 amide bonds. The minimum absolute atomic E-state index is 0.898. The molecule has 0 radical (unpaired) electrons. The second-order valence-electron chi connectivity index (χ2n) is 15.6. The monoisotopic (exact) mass is 784 g/mol. The van der Waals surface area contributed by atoms with E-state index in [9.17, 15) is 0 Å². The van der Waals surface area contributed by atoms with Gasteiger partial charge in [0.25, 0.3) is 0 Å². The molecule has 1 aliphatic carbocycles. The van der Waals surface area contributed by atoms with Gasteiger partial charge >= 0.3 is 0 Å². The summed E-state index contributed by atoms with van der Waals surface area (Å²) in [6, 6.07) is 72.0.